The van der Waals surface area contributed by atoms with Crippen LogP contribution in [-0.4, -0.2) is 67.5 Å². The maximum atomic E-state index is 11.7. The van der Waals surface area contributed by atoms with E-state index in [0.29, 0.717) is 12.8 Å². The van der Waals surface area contributed by atoms with E-state index in [9.17, 15) is 30.0 Å². The number of esters is 1. The Labute approximate surface area is 177 Å². The Balaban J connectivity index is 2.38. The molecule has 2 aliphatic rings. The third-order valence-electron chi connectivity index (χ3n) is 6.90. The smallest absolute Gasteiger partial charge is 0.331 e. The van der Waals surface area contributed by atoms with E-state index in [1.54, 1.807) is 6.92 Å². The number of aliphatic hydroxyl groups excluding tert-OH is 1. The molecule has 30 heavy (non-hydrogen) atoms. The topological polar surface area (TPSA) is 134 Å². The summed E-state index contributed by atoms with van der Waals surface area (Å²) in [6.07, 6.45) is -0.383. The van der Waals surface area contributed by atoms with Gasteiger partial charge in [-0.25, -0.2) is 4.79 Å². The van der Waals surface area contributed by atoms with Crippen LogP contribution in [0.3, 0.4) is 0 Å². The summed E-state index contributed by atoms with van der Waals surface area (Å²) < 4.78 is 11.7. The van der Waals surface area contributed by atoms with Crippen molar-refractivity contribution in [3.8, 4) is 0 Å². The van der Waals surface area contributed by atoms with Crippen LogP contribution in [0, 0.1) is 5.92 Å². The largest absolute Gasteiger partial charge is 0.478 e. The van der Waals surface area contributed by atoms with Crippen molar-refractivity contribution < 1.29 is 39.5 Å². The number of ether oxygens (including phenoxy) is 2. The third kappa shape index (κ3) is 5.60. The van der Waals surface area contributed by atoms with Gasteiger partial charge in [0.2, 0.25) is 0 Å². The molecule has 2 rings (SSSR count). The molecule has 0 spiro atoms. The van der Waals surface area contributed by atoms with E-state index in [-0.39, 0.29) is 37.7 Å². The number of aliphatic hydroxyl groups is 3. The van der Waals surface area contributed by atoms with E-state index in [1.165, 1.54) is 13.8 Å². The average molecular weight is 429 g/mol. The molecule has 2 saturated heterocycles. The Morgan fingerprint density at radius 2 is 1.63 bits per heavy atom. The molecule has 0 aliphatic carbocycles. The zero-order valence-corrected chi connectivity index (χ0v) is 18.4. The van der Waals surface area contributed by atoms with Crippen LogP contribution in [-0.2, 0) is 19.1 Å². The van der Waals surface area contributed by atoms with E-state index < -0.39 is 53.0 Å². The highest BCUT2D eigenvalue weighted by atomic mass is 16.6. The second-order valence-electron chi connectivity index (χ2n) is 9.63. The highest BCUT2D eigenvalue weighted by Gasteiger charge is 2.50. The summed E-state index contributed by atoms with van der Waals surface area (Å²) in [6.45, 7) is 9.91. The van der Waals surface area contributed by atoms with E-state index in [2.05, 4.69) is 6.58 Å². The lowest BCUT2D eigenvalue weighted by Gasteiger charge is -2.37. The fourth-order valence-corrected chi connectivity index (χ4v) is 4.57. The third-order valence-corrected chi connectivity index (χ3v) is 6.90. The first-order valence-corrected chi connectivity index (χ1v) is 10.6. The minimum absolute atomic E-state index is 0.00473. The first-order valence-electron chi connectivity index (χ1n) is 10.6. The molecule has 2 fully saturated rings. The molecule has 2 aliphatic heterocycles. The van der Waals surface area contributed by atoms with Crippen molar-refractivity contribution in [3.63, 3.8) is 0 Å². The molecule has 0 radical (unpaired) electrons. The highest BCUT2D eigenvalue weighted by Crippen LogP contribution is 2.43. The lowest BCUT2D eigenvalue weighted by atomic mass is 9.78. The second-order valence-corrected chi connectivity index (χ2v) is 9.63. The minimum atomic E-state index is -1.53. The zero-order valence-electron chi connectivity index (χ0n) is 18.4. The van der Waals surface area contributed by atoms with E-state index in [4.69, 9.17) is 9.47 Å². The normalized spacial score (nSPS) is 43.0. The fraction of sp³-hybridized carbons (Fsp3) is 0.818. The van der Waals surface area contributed by atoms with Gasteiger partial charge in [0.05, 0.1) is 23.4 Å². The van der Waals surface area contributed by atoms with Gasteiger partial charge < -0.3 is 29.9 Å². The van der Waals surface area contributed by atoms with Gasteiger partial charge in [-0.15, -0.1) is 0 Å². The van der Waals surface area contributed by atoms with Gasteiger partial charge in [-0.1, -0.05) is 6.58 Å². The van der Waals surface area contributed by atoms with Crippen molar-refractivity contribution in [3.05, 3.63) is 12.2 Å². The highest BCUT2D eigenvalue weighted by molar-refractivity contribution is 5.86. The van der Waals surface area contributed by atoms with Crippen molar-refractivity contribution >= 4 is 11.9 Å². The summed E-state index contributed by atoms with van der Waals surface area (Å²) in [5.74, 6) is -2.26. The van der Waals surface area contributed by atoms with Crippen molar-refractivity contribution in [2.24, 2.45) is 5.92 Å². The predicted octanol–water partition coefficient (Wildman–Crippen LogP) is 1.94. The number of carbonyl (C=O) groups excluding carboxylic acids is 1. The number of carbonyl (C=O) groups is 2. The van der Waals surface area contributed by atoms with Crippen molar-refractivity contribution in [2.45, 2.75) is 108 Å². The van der Waals surface area contributed by atoms with Crippen LogP contribution in [0.2, 0.25) is 0 Å². The fourth-order valence-electron chi connectivity index (χ4n) is 4.57. The zero-order chi connectivity index (χ0) is 22.9. The summed E-state index contributed by atoms with van der Waals surface area (Å²) in [6, 6.07) is 0. The van der Waals surface area contributed by atoms with Gasteiger partial charge >= 0.3 is 11.9 Å². The van der Waals surface area contributed by atoms with Crippen LogP contribution in [0.15, 0.2) is 12.2 Å². The van der Waals surface area contributed by atoms with Crippen LogP contribution in [0.25, 0.3) is 0 Å². The lowest BCUT2D eigenvalue weighted by Crippen LogP contribution is -2.47. The Kier molecular flexibility index (Phi) is 7.39. The molecular formula is C22H36O8. The molecule has 0 unspecified atom stereocenters. The molecule has 172 valence electrons. The molecule has 4 N–H and O–H groups in total. The second kappa shape index (κ2) is 8.94. The predicted molar refractivity (Wildman–Crippen MR) is 109 cm³/mol. The molecule has 0 aromatic rings. The molecule has 7 atom stereocenters. The average Bonchev–Trinajstić information content (AvgIpc) is 3.04. The Morgan fingerprint density at radius 3 is 2.20 bits per heavy atom. The monoisotopic (exact) mass is 428 g/mol. The first kappa shape index (κ1) is 24.8. The SMILES string of the molecule is C=C(C(=O)O)[C@@H]1CC[C@@](C)(O)[C@@H]2CC[C@@](C)(O2)[C@@H](OC(C)=O)CC[C@](C)(O)[C@H](O)C1. The number of carboxylic acid groups (broad SMARTS) is 1. The number of carboxylic acids is 1. The van der Waals surface area contributed by atoms with Crippen LogP contribution >= 0.6 is 0 Å². The van der Waals surface area contributed by atoms with Gasteiger partial charge in [-0.05, 0) is 71.6 Å². The number of hydrogen-bond acceptors (Lipinski definition) is 7. The molecule has 2 bridgehead atoms. The summed E-state index contributed by atoms with van der Waals surface area (Å²) >= 11 is 0. The van der Waals surface area contributed by atoms with Crippen LogP contribution in [0.4, 0.5) is 0 Å². The molecular weight excluding hydrogens is 392 g/mol. The lowest BCUT2D eigenvalue weighted by molar-refractivity contribution is -0.185. The van der Waals surface area contributed by atoms with Gasteiger partial charge in [0, 0.05) is 12.5 Å². The quantitative estimate of drug-likeness (QED) is 0.396. The molecule has 8 heteroatoms. The molecule has 0 aromatic heterocycles. The van der Waals surface area contributed by atoms with Gasteiger partial charge in [-0.2, -0.15) is 0 Å². The van der Waals surface area contributed by atoms with Gasteiger partial charge in [0.25, 0.3) is 0 Å². The van der Waals surface area contributed by atoms with E-state index >= 15 is 0 Å². The van der Waals surface area contributed by atoms with Crippen LogP contribution in [0.5, 0.6) is 0 Å². The maximum absolute atomic E-state index is 11.7. The first-order chi connectivity index (χ1) is 13.7. The Bertz CT molecular complexity index is 670. The Morgan fingerprint density at radius 1 is 1.03 bits per heavy atom. The van der Waals surface area contributed by atoms with Gasteiger partial charge in [0.15, 0.2) is 0 Å². The summed E-state index contributed by atoms with van der Waals surface area (Å²) in [5, 5.41) is 42.1. The van der Waals surface area contributed by atoms with Gasteiger partial charge in [-0.3, -0.25) is 4.79 Å². The number of fused-ring (bicyclic) bond motifs is 2. The standard InChI is InChI=1S/C22H36O8/c1-13(19(25)26)15-6-9-21(4,28)17-8-11-22(5,30-17)18(29-14(2)23)7-10-20(3,27)16(24)12-15/h15-18,24,27-28H,1,6-12H2,2-5H3,(H,25,26)/t15-,16-,17+,18+,20+,21-,22-/m1/s1. The molecule has 2 heterocycles. The minimum Gasteiger partial charge on any atom is -0.478 e. The molecule has 8 nitrogen and oxygen atoms in total. The van der Waals surface area contributed by atoms with E-state index in [1.807, 2.05) is 6.92 Å². The molecule has 0 aromatic carbocycles. The molecule has 0 amide bonds. The van der Waals surface area contributed by atoms with Crippen LogP contribution in [0.1, 0.15) is 72.6 Å². The van der Waals surface area contributed by atoms with Crippen molar-refractivity contribution in [1.82, 2.24) is 0 Å². The van der Waals surface area contributed by atoms with E-state index in [0.717, 1.165) is 0 Å². The number of hydrogen-bond donors (Lipinski definition) is 4. The molecule has 0 saturated carbocycles. The van der Waals surface area contributed by atoms with Crippen molar-refractivity contribution in [1.29, 1.82) is 0 Å². The summed E-state index contributed by atoms with van der Waals surface area (Å²) in [5.41, 5.74) is -3.66. The maximum Gasteiger partial charge on any atom is 0.331 e. The summed E-state index contributed by atoms with van der Waals surface area (Å²) in [4.78, 5) is 23.2. The number of aliphatic carboxylic acids is 1. The number of rotatable bonds is 3. The van der Waals surface area contributed by atoms with Crippen molar-refractivity contribution in [2.75, 3.05) is 0 Å². The van der Waals surface area contributed by atoms with Gasteiger partial charge in [0.1, 0.15) is 11.7 Å². The van der Waals surface area contributed by atoms with Crippen LogP contribution < -0.4 is 0 Å². The Hall–Kier alpha value is -1.48. The summed E-state index contributed by atoms with van der Waals surface area (Å²) in [7, 11) is 0.